The number of hydrogen-bond acceptors (Lipinski definition) is 8. The SMILES string of the molecule is CC(C)(C)OC(=O)Nc1cn(C(=O)OC(C)(C)C)c2ccc(O[C@H]3C[C@@H](c4ccc(C(F)(F)F)nc4)C3)cc12.OC1CC(c2ccc(C(F)(F)F)nc2)C1. The summed E-state index contributed by atoms with van der Waals surface area (Å²) in [6.07, 6.45) is -4.12. The van der Waals surface area contributed by atoms with Crippen LogP contribution < -0.4 is 10.1 Å². The smallest absolute Gasteiger partial charge is 0.433 e. The second kappa shape index (κ2) is 15.1. The lowest BCUT2D eigenvalue weighted by Gasteiger charge is -2.35. The molecule has 0 radical (unpaired) electrons. The average molecular weight is 765 g/mol. The number of fused-ring (bicyclic) bond motifs is 1. The van der Waals surface area contributed by atoms with Crippen LogP contribution in [-0.4, -0.2) is 55.2 Å². The monoisotopic (exact) mass is 764 g/mol. The highest BCUT2D eigenvalue weighted by Crippen LogP contribution is 2.41. The molecule has 2 aliphatic carbocycles. The van der Waals surface area contributed by atoms with Gasteiger partial charge in [-0.3, -0.25) is 19.9 Å². The number of anilines is 1. The summed E-state index contributed by atoms with van der Waals surface area (Å²) in [5.41, 5.74) is -0.871. The van der Waals surface area contributed by atoms with E-state index in [4.69, 9.17) is 19.3 Å². The molecule has 4 aromatic rings. The molecule has 0 unspecified atom stereocenters. The molecule has 1 amide bonds. The lowest BCUT2D eigenvalue weighted by Crippen LogP contribution is -2.32. The third-order valence-corrected chi connectivity index (χ3v) is 8.61. The van der Waals surface area contributed by atoms with E-state index in [0.717, 1.165) is 23.3 Å². The molecule has 0 atom stereocenters. The van der Waals surface area contributed by atoms with Crippen LogP contribution in [0.25, 0.3) is 10.9 Å². The van der Waals surface area contributed by atoms with Crippen LogP contribution in [0.3, 0.4) is 0 Å². The number of carbonyl (C=O) groups is 2. The molecule has 3 heterocycles. The predicted molar refractivity (Wildman–Crippen MR) is 186 cm³/mol. The van der Waals surface area contributed by atoms with Crippen LogP contribution in [0.5, 0.6) is 5.75 Å². The molecule has 10 nitrogen and oxygen atoms in total. The number of alkyl halides is 6. The van der Waals surface area contributed by atoms with E-state index in [1.165, 1.54) is 35.3 Å². The van der Waals surface area contributed by atoms with Gasteiger partial charge in [-0.15, -0.1) is 0 Å². The summed E-state index contributed by atoms with van der Waals surface area (Å²) in [7, 11) is 0. The van der Waals surface area contributed by atoms with Crippen LogP contribution in [0, 0.1) is 0 Å². The quantitative estimate of drug-likeness (QED) is 0.193. The first-order valence-corrected chi connectivity index (χ1v) is 17.2. The molecule has 1 aromatic carbocycles. The van der Waals surface area contributed by atoms with Crippen molar-refractivity contribution in [3.8, 4) is 5.75 Å². The first-order chi connectivity index (χ1) is 24.9. The summed E-state index contributed by atoms with van der Waals surface area (Å²) in [5.74, 6) is 0.728. The van der Waals surface area contributed by atoms with Gasteiger partial charge in [-0.25, -0.2) is 9.59 Å². The minimum absolute atomic E-state index is 0.0474. The van der Waals surface area contributed by atoms with Gasteiger partial charge in [0.2, 0.25) is 0 Å². The molecule has 2 fully saturated rings. The third-order valence-electron chi connectivity index (χ3n) is 8.61. The second-order valence-corrected chi connectivity index (χ2v) is 15.4. The van der Waals surface area contributed by atoms with Gasteiger partial charge in [0.15, 0.2) is 0 Å². The van der Waals surface area contributed by atoms with Crippen LogP contribution in [0.1, 0.15) is 102 Å². The van der Waals surface area contributed by atoms with Crippen LogP contribution in [-0.2, 0) is 21.8 Å². The second-order valence-electron chi connectivity index (χ2n) is 15.4. The fraction of sp³-hybridized carbons (Fsp3) is 0.474. The highest BCUT2D eigenvalue weighted by molar-refractivity contribution is 6.03. The molecule has 54 heavy (non-hydrogen) atoms. The zero-order chi connectivity index (χ0) is 39.8. The Morgan fingerprint density at radius 2 is 1.28 bits per heavy atom. The average Bonchev–Trinajstić information content (AvgIpc) is 3.36. The largest absolute Gasteiger partial charge is 0.490 e. The first kappa shape index (κ1) is 40.3. The number of rotatable bonds is 5. The van der Waals surface area contributed by atoms with Crippen molar-refractivity contribution in [3.63, 3.8) is 0 Å². The number of pyridine rings is 2. The van der Waals surface area contributed by atoms with Gasteiger partial charge in [-0.05, 0) is 121 Å². The Hall–Kier alpha value is -4.86. The Morgan fingerprint density at radius 3 is 1.72 bits per heavy atom. The van der Waals surface area contributed by atoms with Gasteiger partial charge in [0.1, 0.15) is 28.3 Å². The van der Waals surface area contributed by atoms with Crippen LogP contribution in [0.4, 0.5) is 41.6 Å². The number of nitrogens with zero attached hydrogens (tertiary/aromatic N) is 3. The van der Waals surface area contributed by atoms with Gasteiger partial charge in [0, 0.05) is 24.0 Å². The first-order valence-electron chi connectivity index (χ1n) is 17.2. The highest BCUT2D eigenvalue weighted by Gasteiger charge is 2.36. The fourth-order valence-electron chi connectivity index (χ4n) is 5.87. The van der Waals surface area contributed by atoms with Crippen molar-refractivity contribution < 1.29 is 55.2 Å². The summed E-state index contributed by atoms with van der Waals surface area (Å²) >= 11 is 0. The Kier molecular flexibility index (Phi) is 11.3. The molecule has 6 rings (SSSR count). The number of halogens is 6. The van der Waals surface area contributed by atoms with E-state index >= 15 is 0 Å². The third kappa shape index (κ3) is 10.4. The number of nitrogens with one attached hydrogen (secondary N) is 1. The molecule has 3 aromatic heterocycles. The lowest BCUT2D eigenvalue weighted by atomic mass is 9.78. The van der Waals surface area contributed by atoms with Gasteiger partial charge < -0.3 is 19.3 Å². The van der Waals surface area contributed by atoms with E-state index in [1.54, 1.807) is 59.7 Å². The maximum atomic E-state index is 12.9. The standard InChI is InChI=1S/C28H32F3N3O5.C10H10F3NO/c1-26(2,3)38-24(35)33-21-15-34(25(36)39-27(4,5)6)22-9-8-18(13-20(21)22)37-19-11-17(12-19)16-7-10-23(32-14-16)28(29,30)31;11-10(12,13)9-2-1-6(5-14-9)7-3-8(15)4-7/h7-10,13-15,17,19H,11-12H2,1-6H3,(H,33,35);1-2,5,7-8,15H,3-4H2/t17-,19+;. The summed E-state index contributed by atoms with van der Waals surface area (Å²) < 4.78 is 93.2. The van der Waals surface area contributed by atoms with E-state index < -0.39 is 47.1 Å². The molecule has 292 valence electrons. The molecule has 0 spiro atoms. The zero-order valence-corrected chi connectivity index (χ0v) is 30.5. The van der Waals surface area contributed by atoms with Crippen molar-refractivity contribution >= 4 is 28.8 Å². The van der Waals surface area contributed by atoms with E-state index in [-0.39, 0.29) is 24.0 Å². The minimum atomic E-state index is -4.47. The number of aliphatic hydroxyl groups excluding tert-OH is 1. The number of aromatic nitrogens is 3. The summed E-state index contributed by atoms with van der Waals surface area (Å²) in [6.45, 7) is 10.5. The molecule has 2 saturated carbocycles. The van der Waals surface area contributed by atoms with Gasteiger partial charge in [-0.2, -0.15) is 26.3 Å². The van der Waals surface area contributed by atoms with Crippen molar-refractivity contribution in [2.75, 3.05) is 5.32 Å². The van der Waals surface area contributed by atoms with E-state index in [9.17, 15) is 35.9 Å². The molecular weight excluding hydrogens is 722 g/mol. The number of hydrogen-bond donors (Lipinski definition) is 2. The predicted octanol–water partition coefficient (Wildman–Crippen LogP) is 9.85. The lowest BCUT2D eigenvalue weighted by molar-refractivity contribution is -0.142. The number of carbonyl (C=O) groups excluding carboxylic acids is 2. The van der Waals surface area contributed by atoms with Crippen LogP contribution in [0.2, 0.25) is 0 Å². The number of ether oxygens (including phenoxy) is 3. The van der Waals surface area contributed by atoms with Gasteiger partial charge >= 0.3 is 24.5 Å². The van der Waals surface area contributed by atoms with Crippen molar-refractivity contribution in [2.24, 2.45) is 0 Å². The zero-order valence-electron chi connectivity index (χ0n) is 30.5. The minimum Gasteiger partial charge on any atom is -0.490 e. The summed E-state index contributed by atoms with van der Waals surface area (Å²) in [5, 5.41) is 12.3. The van der Waals surface area contributed by atoms with Crippen molar-refractivity contribution in [1.82, 2.24) is 14.5 Å². The summed E-state index contributed by atoms with van der Waals surface area (Å²) in [4.78, 5) is 32.3. The number of benzene rings is 1. The van der Waals surface area contributed by atoms with E-state index in [1.807, 2.05) is 0 Å². The number of amides is 1. The molecule has 0 bridgehead atoms. The Bertz CT molecular complexity index is 1940. The van der Waals surface area contributed by atoms with Crippen LogP contribution in [0.15, 0.2) is 61.1 Å². The van der Waals surface area contributed by atoms with Gasteiger partial charge in [-0.1, -0.05) is 12.1 Å². The van der Waals surface area contributed by atoms with Gasteiger partial charge in [0.25, 0.3) is 0 Å². The molecule has 2 N–H and O–H groups in total. The summed E-state index contributed by atoms with van der Waals surface area (Å²) in [6, 6.07) is 10.0. The molecule has 2 aliphatic rings. The Labute approximate surface area is 307 Å². The van der Waals surface area contributed by atoms with Gasteiger partial charge in [0.05, 0.1) is 23.4 Å². The maximum Gasteiger partial charge on any atom is 0.433 e. The fourth-order valence-corrected chi connectivity index (χ4v) is 5.87. The number of aliphatic hydroxyl groups is 1. The van der Waals surface area contributed by atoms with E-state index in [2.05, 4.69) is 15.3 Å². The molecule has 0 aliphatic heterocycles. The normalized spacial score (nSPS) is 20.2. The molecular formula is C38H42F6N4O6. The topological polar surface area (TPSA) is 125 Å². The molecule has 16 heteroatoms. The Morgan fingerprint density at radius 1 is 0.759 bits per heavy atom. The highest BCUT2D eigenvalue weighted by atomic mass is 19.4. The van der Waals surface area contributed by atoms with Crippen molar-refractivity contribution in [3.05, 3.63) is 83.6 Å². The Balaban J connectivity index is 0.000000310. The van der Waals surface area contributed by atoms with Crippen molar-refractivity contribution in [2.45, 2.75) is 115 Å². The van der Waals surface area contributed by atoms with Crippen LogP contribution >= 0.6 is 0 Å². The molecule has 0 saturated heterocycles. The van der Waals surface area contributed by atoms with E-state index in [0.29, 0.717) is 48.0 Å². The maximum absolute atomic E-state index is 12.9. The van der Waals surface area contributed by atoms with Crippen molar-refractivity contribution in [1.29, 1.82) is 0 Å².